The third-order valence-corrected chi connectivity index (χ3v) is 3.73. The van der Waals surface area contributed by atoms with Crippen molar-refractivity contribution < 1.29 is 9.53 Å². The lowest BCUT2D eigenvalue weighted by atomic mass is 9.98. The lowest BCUT2D eigenvalue weighted by Gasteiger charge is -2.32. The summed E-state index contributed by atoms with van der Waals surface area (Å²) in [6.45, 7) is 4.16. The largest absolute Gasteiger partial charge is 0.465 e. The minimum absolute atomic E-state index is 0. The van der Waals surface area contributed by atoms with Crippen molar-refractivity contribution in [2.75, 3.05) is 33.8 Å². The number of carbonyl (C=O) groups excluding carboxylic acids is 1. The smallest absolute Gasteiger partial charge is 0.339 e. The van der Waals surface area contributed by atoms with Crippen molar-refractivity contribution in [3.8, 4) is 0 Å². The number of piperidine rings is 1. The predicted octanol–water partition coefficient (Wildman–Crippen LogP) is 1.72. The standard InChI is InChI=1S/C15H23N3O2.ClH/c1-16-8-12-4-3-7-18(10-12)11-14-6-5-13(9-17-14)15(19)20-2;/h5-6,9,12,16H,3-4,7-8,10-11H2,1-2H3;1H. The molecule has 0 amide bonds. The van der Waals surface area contributed by atoms with Gasteiger partial charge in [-0.3, -0.25) is 9.88 Å². The molecule has 2 heterocycles. The number of pyridine rings is 1. The zero-order chi connectivity index (χ0) is 14.4. The molecule has 1 unspecified atom stereocenters. The maximum absolute atomic E-state index is 11.4. The van der Waals surface area contributed by atoms with Gasteiger partial charge >= 0.3 is 5.97 Å². The van der Waals surface area contributed by atoms with E-state index >= 15 is 0 Å². The van der Waals surface area contributed by atoms with Gasteiger partial charge in [0.25, 0.3) is 0 Å². The molecule has 1 aromatic heterocycles. The quantitative estimate of drug-likeness (QED) is 0.839. The van der Waals surface area contributed by atoms with Crippen molar-refractivity contribution >= 4 is 18.4 Å². The number of likely N-dealkylation sites (tertiary alicyclic amines) is 1. The number of nitrogens with zero attached hydrogens (tertiary/aromatic N) is 2. The summed E-state index contributed by atoms with van der Waals surface area (Å²) in [7, 11) is 3.39. The number of hydrogen-bond acceptors (Lipinski definition) is 5. The first-order valence-electron chi connectivity index (χ1n) is 7.13. The molecule has 1 atom stereocenters. The molecule has 0 bridgehead atoms. The fourth-order valence-electron chi connectivity index (χ4n) is 2.74. The topological polar surface area (TPSA) is 54.5 Å². The fourth-order valence-corrected chi connectivity index (χ4v) is 2.74. The van der Waals surface area contributed by atoms with E-state index in [4.69, 9.17) is 0 Å². The molecule has 21 heavy (non-hydrogen) atoms. The molecule has 1 N–H and O–H groups in total. The molecule has 0 radical (unpaired) electrons. The Labute approximate surface area is 132 Å². The van der Waals surface area contributed by atoms with Crippen LogP contribution in [0.5, 0.6) is 0 Å². The molecular weight excluding hydrogens is 290 g/mol. The summed E-state index contributed by atoms with van der Waals surface area (Å²) in [5.41, 5.74) is 1.51. The zero-order valence-corrected chi connectivity index (χ0v) is 13.5. The Bertz CT molecular complexity index is 437. The molecule has 0 aromatic carbocycles. The minimum Gasteiger partial charge on any atom is -0.465 e. The van der Waals surface area contributed by atoms with E-state index in [0.717, 1.165) is 37.8 Å². The Balaban J connectivity index is 0.00000220. The zero-order valence-electron chi connectivity index (χ0n) is 12.7. The second-order valence-corrected chi connectivity index (χ2v) is 5.33. The highest BCUT2D eigenvalue weighted by molar-refractivity contribution is 5.88. The molecule has 1 aromatic rings. The third-order valence-electron chi connectivity index (χ3n) is 3.73. The molecule has 118 valence electrons. The van der Waals surface area contributed by atoms with E-state index in [0.29, 0.717) is 5.56 Å². The first-order chi connectivity index (χ1) is 9.72. The number of esters is 1. The van der Waals surface area contributed by atoms with Crippen molar-refractivity contribution in [1.82, 2.24) is 15.2 Å². The second-order valence-electron chi connectivity index (χ2n) is 5.33. The number of methoxy groups -OCH3 is 1. The van der Waals surface area contributed by atoms with Crippen LogP contribution in [0, 0.1) is 5.92 Å². The van der Waals surface area contributed by atoms with Crippen molar-refractivity contribution in [2.24, 2.45) is 5.92 Å². The molecule has 1 saturated heterocycles. The summed E-state index contributed by atoms with van der Waals surface area (Å²) < 4.78 is 4.67. The SMILES string of the molecule is CNCC1CCCN(Cc2ccc(C(=O)OC)cn2)C1.Cl. The molecule has 1 aliphatic rings. The van der Waals surface area contributed by atoms with E-state index in [9.17, 15) is 4.79 Å². The number of aromatic nitrogens is 1. The van der Waals surface area contributed by atoms with Gasteiger partial charge < -0.3 is 10.1 Å². The van der Waals surface area contributed by atoms with Crippen LogP contribution in [0.1, 0.15) is 28.9 Å². The van der Waals surface area contributed by atoms with Crippen LogP contribution in [-0.2, 0) is 11.3 Å². The van der Waals surface area contributed by atoms with Crippen molar-refractivity contribution in [3.63, 3.8) is 0 Å². The number of hydrogen-bond donors (Lipinski definition) is 1. The van der Waals surface area contributed by atoms with E-state index in [-0.39, 0.29) is 18.4 Å². The molecule has 1 aliphatic heterocycles. The van der Waals surface area contributed by atoms with Gasteiger partial charge in [-0.15, -0.1) is 12.4 Å². The van der Waals surface area contributed by atoms with Gasteiger partial charge in [0.15, 0.2) is 0 Å². The van der Waals surface area contributed by atoms with E-state index in [2.05, 4.69) is 19.9 Å². The summed E-state index contributed by atoms with van der Waals surface area (Å²) >= 11 is 0. The van der Waals surface area contributed by atoms with Crippen molar-refractivity contribution in [2.45, 2.75) is 19.4 Å². The number of carbonyl (C=O) groups is 1. The highest BCUT2D eigenvalue weighted by atomic mass is 35.5. The van der Waals surface area contributed by atoms with Crippen LogP contribution in [0.4, 0.5) is 0 Å². The molecule has 0 aliphatic carbocycles. The first kappa shape index (κ1) is 17.9. The molecule has 1 fully saturated rings. The number of halogens is 1. The van der Waals surface area contributed by atoms with Crippen LogP contribution in [0.25, 0.3) is 0 Å². The summed E-state index contributed by atoms with van der Waals surface area (Å²) in [6.07, 6.45) is 4.13. The number of rotatable bonds is 5. The van der Waals surface area contributed by atoms with Crippen LogP contribution in [-0.4, -0.2) is 49.6 Å². The van der Waals surface area contributed by atoms with Gasteiger partial charge in [0.05, 0.1) is 18.4 Å². The maximum Gasteiger partial charge on any atom is 0.339 e. The van der Waals surface area contributed by atoms with Gasteiger partial charge in [0.1, 0.15) is 0 Å². The Morgan fingerprint density at radius 1 is 1.52 bits per heavy atom. The van der Waals surface area contributed by atoms with Gasteiger partial charge in [-0.2, -0.15) is 0 Å². The van der Waals surface area contributed by atoms with Crippen LogP contribution in [0.2, 0.25) is 0 Å². The number of nitrogens with one attached hydrogen (secondary N) is 1. The van der Waals surface area contributed by atoms with Crippen LogP contribution < -0.4 is 5.32 Å². The molecule has 0 saturated carbocycles. The van der Waals surface area contributed by atoms with Crippen LogP contribution >= 0.6 is 12.4 Å². The minimum atomic E-state index is -0.337. The van der Waals surface area contributed by atoms with Gasteiger partial charge in [-0.05, 0) is 51.0 Å². The summed E-state index contributed by atoms with van der Waals surface area (Å²) in [5.74, 6) is 0.388. The second kappa shape index (κ2) is 8.97. The van der Waals surface area contributed by atoms with Gasteiger partial charge in [0.2, 0.25) is 0 Å². The lowest BCUT2D eigenvalue weighted by molar-refractivity contribution is 0.0600. The molecule has 6 heteroatoms. The average molecular weight is 314 g/mol. The third kappa shape index (κ3) is 5.26. The first-order valence-corrected chi connectivity index (χ1v) is 7.13. The Morgan fingerprint density at radius 2 is 2.33 bits per heavy atom. The fraction of sp³-hybridized carbons (Fsp3) is 0.600. The van der Waals surface area contributed by atoms with E-state index in [1.807, 2.05) is 13.1 Å². The monoisotopic (exact) mass is 313 g/mol. The summed E-state index contributed by atoms with van der Waals surface area (Å²) in [6, 6.07) is 3.69. The Morgan fingerprint density at radius 3 is 2.95 bits per heavy atom. The normalized spacial score (nSPS) is 18.9. The van der Waals surface area contributed by atoms with E-state index in [1.54, 1.807) is 12.3 Å². The average Bonchev–Trinajstić information content (AvgIpc) is 2.48. The van der Waals surface area contributed by atoms with Crippen molar-refractivity contribution in [3.05, 3.63) is 29.6 Å². The predicted molar refractivity (Wildman–Crippen MR) is 84.8 cm³/mol. The van der Waals surface area contributed by atoms with E-state index < -0.39 is 0 Å². The lowest BCUT2D eigenvalue weighted by Crippen LogP contribution is -2.38. The highest BCUT2D eigenvalue weighted by Gasteiger charge is 2.19. The molecule has 5 nitrogen and oxygen atoms in total. The molecule has 2 rings (SSSR count). The van der Waals surface area contributed by atoms with Crippen LogP contribution in [0.3, 0.4) is 0 Å². The number of ether oxygens (including phenoxy) is 1. The molecule has 0 spiro atoms. The summed E-state index contributed by atoms with van der Waals surface area (Å²) in [5, 5.41) is 3.25. The summed E-state index contributed by atoms with van der Waals surface area (Å²) in [4.78, 5) is 18.1. The van der Waals surface area contributed by atoms with Gasteiger partial charge in [-0.1, -0.05) is 0 Å². The highest BCUT2D eigenvalue weighted by Crippen LogP contribution is 2.17. The van der Waals surface area contributed by atoms with Gasteiger partial charge in [-0.25, -0.2) is 4.79 Å². The van der Waals surface area contributed by atoms with E-state index in [1.165, 1.54) is 20.0 Å². The Hall–Kier alpha value is -1.17. The van der Waals surface area contributed by atoms with Crippen LogP contribution in [0.15, 0.2) is 18.3 Å². The van der Waals surface area contributed by atoms with Crippen molar-refractivity contribution in [1.29, 1.82) is 0 Å². The Kier molecular flexibility index (Phi) is 7.64. The van der Waals surface area contributed by atoms with Gasteiger partial charge in [0, 0.05) is 19.3 Å². The molecular formula is C15H24ClN3O2. The maximum atomic E-state index is 11.4.